The third-order valence-corrected chi connectivity index (χ3v) is 5.55. The molecular weight excluding hydrogens is 294 g/mol. The Morgan fingerprint density at radius 3 is 2.64 bits per heavy atom. The van der Waals surface area contributed by atoms with Crippen molar-refractivity contribution >= 4 is 22.3 Å². The predicted molar refractivity (Wildman–Crippen MR) is 89.8 cm³/mol. The first-order valence-corrected chi connectivity index (χ1v) is 8.77. The van der Waals surface area contributed by atoms with Crippen LogP contribution in [0.5, 0.6) is 0 Å². The molecule has 0 amide bonds. The van der Waals surface area contributed by atoms with Gasteiger partial charge in [-0.15, -0.1) is 16.4 Å². The molecule has 1 aliphatic heterocycles. The van der Waals surface area contributed by atoms with Gasteiger partial charge in [-0.3, -0.25) is 0 Å². The number of nitrogens with one attached hydrogen (secondary N) is 1. The minimum atomic E-state index is 0.662. The Balaban J connectivity index is 1.26. The quantitative estimate of drug-likeness (QED) is 0.919. The van der Waals surface area contributed by atoms with E-state index in [9.17, 15) is 0 Å². The summed E-state index contributed by atoms with van der Waals surface area (Å²) >= 11 is 1.74. The average molecular weight is 315 g/mol. The van der Waals surface area contributed by atoms with Gasteiger partial charge in [0.15, 0.2) is 10.9 Å². The summed E-state index contributed by atoms with van der Waals surface area (Å²) in [5, 5.41) is 13.2. The van der Waals surface area contributed by atoms with Gasteiger partial charge in [-0.1, -0.05) is 0 Å². The Hall–Kier alpha value is -1.69. The van der Waals surface area contributed by atoms with Gasteiger partial charge in [0.25, 0.3) is 0 Å². The molecule has 0 aromatic carbocycles. The molecule has 0 bridgehead atoms. The van der Waals surface area contributed by atoms with Crippen LogP contribution in [0.2, 0.25) is 0 Å². The molecule has 2 aromatic rings. The van der Waals surface area contributed by atoms with E-state index in [4.69, 9.17) is 0 Å². The summed E-state index contributed by atoms with van der Waals surface area (Å²) < 4.78 is 0. The maximum absolute atomic E-state index is 4.52. The monoisotopic (exact) mass is 315 g/mol. The molecule has 116 valence electrons. The molecule has 1 aliphatic carbocycles. The lowest BCUT2D eigenvalue weighted by Gasteiger charge is -2.39. The van der Waals surface area contributed by atoms with E-state index in [0.29, 0.717) is 11.8 Å². The molecule has 2 fully saturated rings. The van der Waals surface area contributed by atoms with Crippen LogP contribution in [0.4, 0.5) is 10.9 Å². The van der Waals surface area contributed by atoms with Crippen molar-refractivity contribution in [3.8, 4) is 0 Å². The number of anilines is 2. The van der Waals surface area contributed by atoms with Crippen LogP contribution in [0.3, 0.4) is 0 Å². The molecule has 0 radical (unpaired) electrons. The van der Waals surface area contributed by atoms with E-state index in [2.05, 4.69) is 51.4 Å². The zero-order valence-electron chi connectivity index (χ0n) is 13.0. The topological polar surface area (TPSA) is 53.9 Å². The van der Waals surface area contributed by atoms with Crippen molar-refractivity contribution in [2.24, 2.45) is 5.92 Å². The normalized spacial score (nSPS) is 18.4. The van der Waals surface area contributed by atoms with E-state index >= 15 is 0 Å². The smallest absolute Gasteiger partial charge is 0.183 e. The van der Waals surface area contributed by atoms with E-state index in [1.807, 2.05) is 0 Å². The molecule has 0 atom stereocenters. The third-order valence-electron chi connectivity index (χ3n) is 4.52. The highest BCUT2D eigenvalue weighted by Gasteiger charge is 2.29. The minimum Gasteiger partial charge on any atom is -0.361 e. The maximum Gasteiger partial charge on any atom is 0.183 e. The summed E-state index contributed by atoms with van der Waals surface area (Å²) in [6, 6.07) is 4.27. The van der Waals surface area contributed by atoms with Gasteiger partial charge in [0.1, 0.15) is 0 Å². The first-order chi connectivity index (χ1) is 10.7. The average Bonchev–Trinajstić information content (AvgIpc) is 3.26. The Morgan fingerprint density at radius 2 is 2.05 bits per heavy atom. The zero-order chi connectivity index (χ0) is 15.1. The van der Waals surface area contributed by atoms with Crippen molar-refractivity contribution in [1.29, 1.82) is 0 Å². The molecule has 22 heavy (non-hydrogen) atoms. The molecule has 2 aliphatic rings. The Bertz CT molecular complexity index is 636. The molecule has 2 aromatic heterocycles. The lowest BCUT2D eigenvalue weighted by atomic mass is 10.0. The Morgan fingerprint density at radius 1 is 1.23 bits per heavy atom. The lowest BCUT2D eigenvalue weighted by Crippen LogP contribution is -2.50. The SMILES string of the molecule is Cc1nc(NCC2CN(c3ccc(C4CC4)nn3)C2)sc1C. The van der Waals surface area contributed by atoms with Gasteiger partial charge in [0, 0.05) is 36.3 Å². The predicted octanol–water partition coefficient (Wildman–Crippen LogP) is 2.98. The number of thiazole rings is 1. The highest BCUT2D eigenvalue weighted by atomic mass is 32.1. The molecule has 1 N–H and O–H groups in total. The van der Waals surface area contributed by atoms with Crippen molar-refractivity contribution in [2.75, 3.05) is 29.9 Å². The van der Waals surface area contributed by atoms with E-state index in [-0.39, 0.29) is 0 Å². The number of aromatic nitrogens is 3. The summed E-state index contributed by atoms with van der Waals surface area (Å²) in [7, 11) is 0. The van der Waals surface area contributed by atoms with Crippen LogP contribution in [0, 0.1) is 19.8 Å². The van der Waals surface area contributed by atoms with E-state index in [1.54, 1.807) is 11.3 Å². The standard InChI is InChI=1S/C16H21N5S/c1-10-11(2)22-16(18-10)17-7-12-8-21(9-12)15-6-5-14(19-20-15)13-3-4-13/h5-6,12-13H,3-4,7-9H2,1-2H3,(H,17,18). The highest BCUT2D eigenvalue weighted by Crippen LogP contribution is 2.39. The molecule has 1 saturated heterocycles. The number of aryl methyl sites for hydroxylation is 2. The Kier molecular flexibility index (Phi) is 3.48. The van der Waals surface area contributed by atoms with Crippen LogP contribution in [0.15, 0.2) is 12.1 Å². The molecule has 6 heteroatoms. The first kappa shape index (κ1) is 13.9. The fourth-order valence-electron chi connectivity index (χ4n) is 2.77. The van der Waals surface area contributed by atoms with Crippen LogP contribution >= 0.6 is 11.3 Å². The van der Waals surface area contributed by atoms with Crippen molar-refractivity contribution in [1.82, 2.24) is 15.2 Å². The van der Waals surface area contributed by atoms with Gasteiger partial charge in [0.05, 0.1) is 11.4 Å². The van der Waals surface area contributed by atoms with Gasteiger partial charge in [-0.25, -0.2) is 4.98 Å². The largest absolute Gasteiger partial charge is 0.361 e. The van der Waals surface area contributed by atoms with Gasteiger partial charge < -0.3 is 10.2 Å². The fraction of sp³-hybridized carbons (Fsp3) is 0.562. The van der Waals surface area contributed by atoms with Crippen LogP contribution in [-0.2, 0) is 0 Å². The number of hydrogen-bond acceptors (Lipinski definition) is 6. The number of nitrogens with zero attached hydrogens (tertiary/aromatic N) is 4. The second-order valence-corrected chi connectivity index (χ2v) is 7.61. The summed E-state index contributed by atoms with van der Waals surface area (Å²) in [5.41, 5.74) is 2.30. The van der Waals surface area contributed by atoms with Crippen molar-refractivity contribution in [3.05, 3.63) is 28.4 Å². The van der Waals surface area contributed by atoms with Gasteiger partial charge in [0.2, 0.25) is 0 Å². The highest BCUT2D eigenvalue weighted by molar-refractivity contribution is 7.15. The maximum atomic E-state index is 4.52. The van der Waals surface area contributed by atoms with E-state index in [0.717, 1.165) is 42.0 Å². The molecular formula is C16H21N5S. The molecule has 5 nitrogen and oxygen atoms in total. The lowest BCUT2D eigenvalue weighted by molar-refractivity contribution is 0.425. The van der Waals surface area contributed by atoms with Gasteiger partial charge >= 0.3 is 0 Å². The molecule has 0 unspecified atom stereocenters. The summed E-state index contributed by atoms with van der Waals surface area (Å²) in [5.74, 6) is 2.36. The summed E-state index contributed by atoms with van der Waals surface area (Å²) in [6.45, 7) is 7.26. The second-order valence-electron chi connectivity index (χ2n) is 6.40. The molecule has 3 heterocycles. The minimum absolute atomic E-state index is 0.662. The zero-order valence-corrected chi connectivity index (χ0v) is 13.9. The van der Waals surface area contributed by atoms with Gasteiger partial charge in [-0.05, 0) is 38.8 Å². The van der Waals surface area contributed by atoms with Crippen LogP contribution in [0.25, 0.3) is 0 Å². The summed E-state index contributed by atoms with van der Waals surface area (Å²) in [4.78, 5) is 8.12. The Labute approximate surface area is 134 Å². The summed E-state index contributed by atoms with van der Waals surface area (Å²) in [6.07, 6.45) is 2.56. The van der Waals surface area contributed by atoms with E-state index < -0.39 is 0 Å². The van der Waals surface area contributed by atoms with Crippen molar-refractivity contribution in [3.63, 3.8) is 0 Å². The van der Waals surface area contributed by atoms with Gasteiger partial charge in [-0.2, -0.15) is 5.10 Å². The third kappa shape index (κ3) is 2.79. The van der Waals surface area contributed by atoms with Crippen LogP contribution in [-0.4, -0.2) is 34.8 Å². The number of hydrogen-bond donors (Lipinski definition) is 1. The van der Waals surface area contributed by atoms with E-state index in [1.165, 1.54) is 17.7 Å². The first-order valence-electron chi connectivity index (χ1n) is 7.95. The van der Waals surface area contributed by atoms with Crippen molar-refractivity contribution < 1.29 is 0 Å². The van der Waals surface area contributed by atoms with Crippen LogP contribution in [0.1, 0.15) is 35.0 Å². The number of rotatable bonds is 5. The molecule has 0 spiro atoms. The second kappa shape index (κ2) is 5.50. The molecule has 4 rings (SSSR count). The molecule has 1 saturated carbocycles. The van der Waals surface area contributed by atoms with Crippen molar-refractivity contribution in [2.45, 2.75) is 32.6 Å². The van der Waals surface area contributed by atoms with Crippen LogP contribution < -0.4 is 10.2 Å². The fourth-order valence-corrected chi connectivity index (χ4v) is 3.59.